The fraction of sp³-hybridized carbons (Fsp3) is 0.429. The van der Waals surface area contributed by atoms with Crippen molar-refractivity contribution in [2.75, 3.05) is 0 Å². The van der Waals surface area contributed by atoms with Crippen molar-refractivity contribution in [3.05, 3.63) is 40.7 Å². The molecule has 1 aliphatic carbocycles. The van der Waals surface area contributed by atoms with E-state index in [1.54, 1.807) is 18.2 Å². The molecule has 3 heteroatoms. The zero-order chi connectivity index (χ0) is 12.6. The van der Waals surface area contributed by atoms with Gasteiger partial charge in [0.15, 0.2) is 0 Å². The molecule has 2 rings (SSSR count). The standard InChI is InChI=1S/C14H16ClFO/c1-14(2)7-9(5-11(17)8-14)12-4-3-10(15)6-13(12)16/h3-6,11,17H,7-8H2,1-2H3. The lowest BCUT2D eigenvalue weighted by Crippen LogP contribution is -2.24. The normalized spacial score (nSPS) is 23.4. The zero-order valence-corrected chi connectivity index (χ0v) is 10.8. The molecule has 0 heterocycles. The summed E-state index contributed by atoms with van der Waals surface area (Å²) < 4.78 is 13.8. The van der Waals surface area contributed by atoms with E-state index in [2.05, 4.69) is 13.8 Å². The van der Waals surface area contributed by atoms with Crippen LogP contribution < -0.4 is 0 Å². The fourth-order valence-electron chi connectivity index (χ4n) is 2.44. The summed E-state index contributed by atoms with van der Waals surface area (Å²) in [6, 6.07) is 4.66. The molecule has 0 saturated carbocycles. The molecular weight excluding hydrogens is 239 g/mol. The highest BCUT2D eigenvalue weighted by Gasteiger charge is 2.29. The van der Waals surface area contributed by atoms with Crippen LogP contribution in [0.5, 0.6) is 0 Å². The molecule has 92 valence electrons. The van der Waals surface area contributed by atoms with Gasteiger partial charge in [-0.1, -0.05) is 37.6 Å². The highest BCUT2D eigenvalue weighted by molar-refractivity contribution is 6.30. The molecule has 1 aromatic carbocycles. The lowest BCUT2D eigenvalue weighted by molar-refractivity contribution is 0.146. The van der Waals surface area contributed by atoms with Crippen LogP contribution >= 0.6 is 11.6 Å². The minimum atomic E-state index is -0.496. The van der Waals surface area contributed by atoms with Gasteiger partial charge in [0.25, 0.3) is 0 Å². The van der Waals surface area contributed by atoms with Gasteiger partial charge >= 0.3 is 0 Å². The summed E-state index contributed by atoms with van der Waals surface area (Å²) >= 11 is 5.73. The highest BCUT2D eigenvalue weighted by Crippen LogP contribution is 2.40. The molecule has 0 fully saturated rings. The van der Waals surface area contributed by atoms with Gasteiger partial charge in [-0.05, 0) is 36.0 Å². The third kappa shape index (κ3) is 2.88. The topological polar surface area (TPSA) is 20.2 Å². The van der Waals surface area contributed by atoms with Gasteiger partial charge in [0.2, 0.25) is 0 Å². The van der Waals surface area contributed by atoms with Crippen LogP contribution in [0.3, 0.4) is 0 Å². The first kappa shape index (κ1) is 12.6. The number of benzene rings is 1. The van der Waals surface area contributed by atoms with E-state index < -0.39 is 6.10 Å². The molecule has 1 atom stereocenters. The second-order valence-electron chi connectivity index (χ2n) is 5.43. The SMILES string of the molecule is CC1(C)CC(c2ccc(Cl)cc2F)=CC(O)C1. The summed E-state index contributed by atoms with van der Waals surface area (Å²) in [7, 11) is 0. The van der Waals surface area contributed by atoms with Crippen molar-refractivity contribution in [1.29, 1.82) is 0 Å². The maximum atomic E-state index is 13.8. The average Bonchev–Trinajstić information content (AvgIpc) is 2.13. The lowest BCUT2D eigenvalue weighted by Gasteiger charge is -2.32. The van der Waals surface area contributed by atoms with Crippen molar-refractivity contribution in [2.45, 2.75) is 32.8 Å². The molecule has 17 heavy (non-hydrogen) atoms. The van der Waals surface area contributed by atoms with Crippen LogP contribution in [0, 0.1) is 11.2 Å². The predicted octanol–water partition coefficient (Wildman–Crippen LogP) is 4.04. The van der Waals surface area contributed by atoms with Crippen molar-refractivity contribution >= 4 is 17.2 Å². The molecule has 1 aromatic rings. The molecule has 1 nitrogen and oxygen atoms in total. The number of halogens is 2. The lowest BCUT2D eigenvalue weighted by atomic mass is 9.74. The van der Waals surface area contributed by atoms with Gasteiger partial charge in [-0.2, -0.15) is 0 Å². The minimum Gasteiger partial charge on any atom is -0.389 e. The molecule has 1 unspecified atom stereocenters. The Morgan fingerprint density at radius 2 is 2.12 bits per heavy atom. The quantitative estimate of drug-likeness (QED) is 0.802. The van der Waals surface area contributed by atoms with Crippen molar-refractivity contribution in [1.82, 2.24) is 0 Å². The van der Waals surface area contributed by atoms with E-state index in [0.29, 0.717) is 17.0 Å². The average molecular weight is 255 g/mol. The van der Waals surface area contributed by atoms with Gasteiger partial charge in [0, 0.05) is 10.6 Å². The Morgan fingerprint density at radius 1 is 1.41 bits per heavy atom. The fourth-order valence-corrected chi connectivity index (χ4v) is 2.60. The zero-order valence-electron chi connectivity index (χ0n) is 10.0. The molecule has 0 spiro atoms. The van der Waals surface area contributed by atoms with E-state index in [-0.39, 0.29) is 11.2 Å². The Kier molecular flexibility index (Phi) is 3.28. The van der Waals surface area contributed by atoms with Gasteiger partial charge in [0.1, 0.15) is 5.82 Å². The van der Waals surface area contributed by atoms with Crippen molar-refractivity contribution in [3.63, 3.8) is 0 Å². The van der Waals surface area contributed by atoms with Crippen LogP contribution in [0.1, 0.15) is 32.3 Å². The Labute approximate surface area is 106 Å². The van der Waals surface area contributed by atoms with Crippen molar-refractivity contribution < 1.29 is 9.50 Å². The van der Waals surface area contributed by atoms with E-state index in [1.165, 1.54) is 6.07 Å². The number of allylic oxidation sites excluding steroid dienone is 1. The van der Waals surface area contributed by atoms with E-state index in [0.717, 1.165) is 12.0 Å². The molecule has 1 N–H and O–H groups in total. The molecular formula is C14H16ClFO. The van der Waals surface area contributed by atoms with E-state index in [9.17, 15) is 9.50 Å². The third-order valence-corrected chi connectivity index (χ3v) is 3.34. The first-order chi connectivity index (χ1) is 7.87. The first-order valence-corrected chi connectivity index (χ1v) is 6.09. The minimum absolute atomic E-state index is 0.00439. The van der Waals surface area contributed by atoms with Gasteiger partial charge in [0.05, 0.1) is 6.10 Å². The van der Waals surface area contributed by atoms with E-state index in [4.69, 9.17) is 11.6 Å². The second-order valence-corrected chi connectivity index (χ2v) is 5.86. The smallest absolute Gasteiger partial charge is 0.132 e. The summed E-state index contributed by atoms with van der Waals surface area (Å²) in [6.45, 7) is 4.16. The van der Waals surface area contributed by atoms with Crippen molar-refractivity contribution in [2.24, 2.45) is 5.41 Å². The van der Waals surface area contributed by atoms with Crippen LogP contribution in [0.25, 0.3) is 5.57 Å². The van der Waals surface area contributed by atoms with E-state index in [1.807, 2.05) is 0 Å². The molecule has 1 aliphatic rings. The van der Waals surface area contributed by atoms with Crippen LogP contribution in [0.2, 0.25) is 5.02 Å². The molecule has 0 saturated heterocycles. The van der Waals surface area contributed by atoms with Crippen molar-refractivity contribution in [3.8, 4) is 0 Å². The van der Waals surface area contributed by atoms with Crippen LogP contribution in [-0.4, -0.2) is 11.2 Å². The summed E-state index contributed by atoms with van der Waals surface area (Å²) in [5, 5.41) is 10.2. The van der Waals surface area contributed by atoms with Crippen LogP contribution in [0.15, 0.2) is 24.3 Å². The summed E-state index contributed by atoms with van der Waals surface area (Å²) in [4.78, 5) is 0. The van der Waals surface area contributed by atoms with Gasteiger partial charge in [-0.25, -0.2) is 4.39 Å². The predicted molar refractivity (Wildman–Crippen MR) is 68.4 cm³/mol. The number of aliphatic hydroxyl groups is 1. The number of hydrogen-bond acceptors (Lipinski definition) is 1. The largest absolute Gasteiger partial charge is 0.389 e. The second kappa shape index (κ2) is 4.43. The maximum absolute atomic E-state index is 13.8. The number of aliphatic hydroxyl groups excluding tert-OH is 1. The summed E-state index contributed by atoms with van der Waals surface area (Å²) in [5.41, 5.74) is 1.40. The molecule has 0 radical (unpaired) electrons. The summed E-state index contributed by atoms with van der Waals surface area (Å²) in [6.07, 6.45) is 2.73. The van der Waals surface area contributed by atoms with E-state index >= 15 is 0 Å². The maximum Gasteiger partial charge on any atom is 0.132 e. The van der Waals surface area contributed by atoms with Crippen LogP contribution in [-0.2, 0) is 0 Å². The number of hydrogen-bond donors (Lipinski definition) is 1. The summed E-state index contributed by atoms with van der Waals surface area (Å²) in [5.74, 6) is -0.325. The Hall–Kier alpha value is -0.860. The Balaban J connectivity index is 2.39. The van der Waals surface area contributed by atoms with Crippen LogP contribution in [0.4, 0.5) is 4.39 Å². The first-order valence-electron chi connectivity index (χ1n) is 5.72. The molecule has 0 amide bonds. The molecule has 0 aromatic heterocycles. The highest BCUT2D eigenvalue weighted by atomic mass is 35.5. The van der Waals surface area contributed by atoms with Gasteiger partial charge in [-0.15, -0.1) is 0 Å². The third-order valence-electron chi connectivity index (χ3n) is 3.10. The van der Waals surface area contributed by atoms with Gasteiger partial charge < -0.3 is 5.11 Å². The van der Waals surface area contributed by atoms with Gasteiger partial charge in [-0.3, -0.25) is 0 Å². The molecule has 0 bridgehead atoms. The Morgan fingerprint density at radius 3 is 2.71 bits per heavy atom. The Bertz CT molecular complexity index is 465. The number of rotatable bonds is 1. The molecule has 0 aliphatic heterocycles. The monoisotopic (exact) mass is 254 g/mol.